The van der Waals surface area contributed by atoms with E-state index >= 15 is 0 Å². The lowest BCUT2D eigenvalue weighted by Gasteiger charge is -2.41. The predicted molar refractivity (Wildman–Crippen MR) is 120 cm³/mol. The number of aliphatic carboxylic acids is 1. The Hall–Kier alpha value is -1.20. The van der Waals surface area contributed by atoms with Gasteiger partial charge in [-0.15, -0.1) is 0 Å². The molecule has 0 aromatic heterocycles. The van der Waals surface area contributed by atoms with Gasteiger partial charge in [-0.05, 0) is 43.5 Å². The summed E-state index contributed by atoms with van der Waals surface area (Å²) in [4.78, 5) is 24.2. The Labute approximate surface area is 173 Å². The Morgan fingerprint density at radius 2 is 1.68 bits per heavy atom. The monoisotopic (exact) mass is 410 g/mol. The number of ketones is 1. The maximum Gasteiger partial charge on any atom is 0.306 e. The number of carboxylic acid groups (broad SMARTS) is 1. The van der Waals surface area contributed by atoms with Crippen molar-refractivity contribution in [1.29, 1.82) is 0 Å². The van der Waals surface area contributed by atoms with Crippen molar-refractivity contribution in [1.82, 2.24) is 0 Å². The third-order valence-corrected chi connectivity index (χ3v) is 10.5. The van der Waals surface area contributed by atoms with Gasteiger partial charge in [0.2, 0.25) is 0 Å². The zero-order chi connectivity index (χ0) is 22.4. The average Bonchev–Trinajstić information content (AvgIpc) is 2.56. The number of rotatable bonds is 11. The van der Waals surface area contributed by atoms with E-state index in [1.165, 1.54) is 0 Å². The summed E-state index contributed by atoms with van der Waals surface area (Å²) in [7, 11) is -2.05. The van der Waals surface area contributed by atoms with Crippen LogP contribution in [0.4, 0.5) is 0 Å². The fraction of sp³-hybridized carbons (Fsp3) is 0.739. The van der Waals surface area contributed by atoms with E-state index in [9.17, 15) is 9.59 Å². The van der Waals surface area contributed by atoms with Gasteiger partial charge in [-0.2, -0.15) is 0 Å². The van der Waals surface area contributed by atoms with Crippen LogP contribution in [-0.2, 0) is 14.0 Å². The Kier molecular flexibility index (Phi) is 10.1. The molecule has 0 saturated heterocycles. The second kappa shape index (κ2) is 10.5. The van der Waals surface area contributed by atoms with Crippen molar-refractivity contribution in [3.05, 3.63) is 23.8 Å². The summed E-state index contributed by atoms with van der Waals surface area (Å²) >= 11 is 0. The first kappa shape index (κ1) is 26.8. The van der Waals surface area contributed by atoms with Crippen LogP contribution in [0.1, 0.15) is 68.2 Å². The lowest BCUT2D eigenvalue weighted by Crippen LogP contribution is -2.47. The first-order valence-electron chi connectivity index (χ1n) is 10.3. The fourth-order valence-corrected chi connectivity index (χ4v) is 4.30. The molecular weight excluding hydrogens is 368 g/mol. The highest BCUT2D eigenvalue weighted by Gasteiger charge is 2.42. The van der Waals surface area contributed by atoms with Gasteiger partial charge in [0.1, 0.15) is 5.78 Å². The minimum Gasteiger partial charge on any atom is -0.481 e. The van der Waals surface area contributed by atoms with Crippen molar-refractivity contribution in [3.8, 4) is 0 Å². The molecule has 0 heterocycles. The molecule has 0 unspecified atom stereocenters. The largest absolute Gasteiger partial charge is 0.481 e. The second-order valence-corrected chi connectivity index (χ2v) is 14.5. The minimum atomic E-state index is -2.05. The van der Waals surface area contributed by atoms with E-state index in [-0.39, 0.29) is 28.8 Å². The molecule has 0 aromatic carbocycles. The Bertz CT molecular complexity index is 598. The Balaban J connectivity index is 5.48. The standard InChI is InChI=1S/C23H42O4Si/c1-12-16(3)21(27-28(10,11)23(7,8)9)19(6)20(24)17(4)13-15(2)14-18(5)22(25)26/h13,17-19,21H,3,12,14H2,1-2,4-11H3,(H,25,26)/b15-13+/t17-,18-,19-,21-/m1/s1. The zero-order valence-corrected chi connectivity index (χ0v) is 20.7. The number of hydrogen-bond donors (Lipinski definition) is 1. The number of carbonyl (C=O) groups is 2. The summed E-state index contributed by atoms with van der Waals surface area (Å²) in [5.41, 5.74) is 1.89. The second-order valence-electron chi connectivity index (χ2n) is 9.75. The smallest absolute Gasteiger partial charge is 0.306 e. The lowest BCUT2D eigenvalue weighted by atomic mass is 9.86. The quantitative estimate of drug-likeness (QED) is 0.323. The number of carboxylic acids is 1. The molecule has 0 aliphatic carbocycles. The van der Waals surface area contributed by atoms with E-state index in [4.69, 9.17) is 9.53 Å². The van der Waals surface area contributed by atoms with Crippen LogP contribution in [0.25, 0.3) is 0 Å². The van der Waals surface area contributed by atoms with E-state index in [2.05, 4.69) is 40.4 Å². The molecule has 1 N–H and O–H groups in total. The summed E-state index contributed by atoms with van der Waals surface area (Å²) in [6, 6.07) is 0. The Morgan fingerprint density at radius 1 is 1.18 bits per heavy atom. The molecule has 28 heavy (non-hydrogen) atoms. The van der Waals surface area contributed by atoms with Crippen molar-refractivity contribution < 1.29 is 19.1 Å². The third-order valence-electron chi connectivity index (χ3n) is 6.02. The highest BCUT2D eigenvalue weighted by atomic mass is 28.4. The van der Waals surface area contributed by atoms with Crippen LogP contribution < -0.4 is 0 Å². The molecule has 0 radical (unpaired) electrons. The summed E-state index contributed by atoms with van der Waals surface area (Å²) in [5, 5.41) is 9.13. The van der Waals surface area contributed by atoms with Crippen molar-refractivity contribution in [2.45, 2.75) is 92.5 Å². The molecule has 0 aliphatic heterocycles. The van der Waals surface area contributed by atoms with Crippen LogP contribution in [0.2, 0.25) is 18.1 Å². The molecule has 4 atom stereocenters. The summed E-state index contributed by atoms with van der Waals surface area (Å²) in [6.07, 6.45) is 2.84. The lowest BCUT2D eigenvalue weighted by molar-refractivity contribution is -0.141. The van der Waals surface area contributed by atoms with E-state index in [0.29, 0.717) is 6.42 Å². The molecule has 0 amide bonds. The van der Waals surface area contributed by atoms with Crippen LogP contribution in [0.3, 0.4) is 0 Å². The van der Waals surface area contributed by atoms with Gasteiger partial charge in [-0.25, -0.2) is 0 Å². The van der Waals surface area contributed by atoms with Crippen LogP contribution in [0, 0.1) is 17.8 Å². The maximum absolute atomic E-state index is 13.1. The average molecular weight is 411 g/mol. The first-order valence-corrected chi connectivity index (χ1v) is 13.2. The number of allylic oxidation sites excluding steroid dienone is 2. The fourth-order valence-electron chi connectivity index (χ4n) is 2.95. The van der Waals surface area contributed by atoms with Gasteiger partial charge >= 0.3 is 5.97 Å². The molecule has 0 aliphatic rings. The number of hydrogen-bond acceptors (Lipinski definition) is 3. The minimum absolute atomic E-state index is 0.0527. The molecule has 0 saturated carbocycles. The van der Waals surface area contributed by atoms with E-state index in [1.54, 1.807) is 6.92 Å². The van der Waals surface area contributed by atoms with Crippen LogP contribution in [0.5, 0.6) is 0 Å². The summed E-state index contributed by atoms with van der Waals surface area (Å²) in [5.74, 6) is -1.74. The van der Waals surface area contributed by atoms with Gasteiger partial charge in [0.15, 0.2) is 8.32 Å². The molecule has 5 heteroatoms. The van der Waals surface area contributed by atoms with Gasteiger partial charge in [0.05, 0.1) is 12.0 Å². The summed E-state index contributed by atoms with van der Waals surface area (Å²) < 4.78 is 6.61. The number of carbonyl (C=O) groups excluding carboxylic acids is 1. The summed E-state index contributed by atoms with van der Waals surface area (Å²) in [6.45, 7) is 24.6. The van der Waals surface area contributed by atoms with Gasteiger partial charge in [0, 0.05) is 11.8 Å². The highest BCUT2D eigenvalue weighted by molar-refractivity contribution is 6.74. The van der Waals surface area contributed by atoms with E-state index in [1.807, 2.05) is 33.8 Å². The molecule has 0 bridgehead atoms. The zero-order valence-electron chi connectivity index (χ0n) is 19.7. The molecule has 0 aromatic rings. The first-order chi connectivity index (χ1) is 12.5. The van der Waals surface area contributed by atoms with Crippen LogP contribution >= 0.6 is 0 Å². The molecular formula is C23H42O4Si. The molecule has 0 rings (SSSR count). The van der Waals surface area contributed by atoms with Crippen molar-refractivity contribution in [2.24, 2.45) is 17.8 Å². The normalized spacial score (nSPS) is 17.6. The third kappa shape index (κ3) is 7.67. The molecule has 0 spiro atoms. The number of Topliss-reactive ketones (excluding diaryl/α,β-unsaturated/α-hetero) is 1. The van der Waals surface area contributed by atoms with Gasteiger partial charge in [0.25, 0.3) is 0 Å². The van der Waals surface area contributed by atoms with Crippen LogP contribution in [-0.4, -0.2) is 31.3 Å². The van der Waals surface area contributed by atoms with Gasteiger partial charge in [-0.1, -0.05) is 66.7 Å². The van der Waals surface area contributed by atoms with Crippen molar-refractivity contribution >= 4 is 20.1 Å². The molecule has 0 fully saturated rings. The van der Waals surface area contributed by atoms with Crippen LogP contribution in [0.15, 0.2) is 23.8 Å². The molecule has 4 nitrogen and oxygen atoms in total. The predicted octanol–water partition coefficient (Wildman–Crippen LogP) is 6.24. The van der Waals surface area contributed by atoms with E-state index in [0.717, 1.165) is 17.6 Å². The van der Waals surface area contributed by atoms with Gasteiger partial charge < -0.3 is 9.53 Å². The maximum atomic E-state index is 13.1. The van der Waals surface area contributed by atoms with Crippen molar-refractivity contribution in [2.75, 3.05) is 0 Å². The van der Waals surface area contributed by atoms with Gasteiger partial charge in [-0.3, -0.25) is 9.59 Å². The Morgan fingerprint density at radius 3 is 2.07 bits per heavy atom. The van der Waals surface area contributed by atoms with E-state index < -0.39 is 20.2 Å². The highest BCUT2D eigenvalue weighted by Crippen LogP contribution is 2.39. The SMILES string of the molecule is C=C(CC)[C@@H](O[Si](C)(C)C(C)(C)C)[C@H](C)C(=O)[C@H](C)/C=C(\C)C[C@@H](C)C(=O)O. The topological polar surface area (TPSA) is 63.6 Å². The van der Waals surface area contributed by atoms with Crippen molar-refractivity contribution in [3.63, 3.8) is 0 Å². The molecule has 162 valence electrons.